The number of aromatic nitrogens is 3. The van der Waals surface area contributed by atoms with Crippen LogP contribution in [-0.4, -0.2) is 62.3 Å². The van der Waals surface area contributed by atoms with Gasteiger partial charge in [-0.05, 0) is 42.4 Å². The van der Waals surface area contributed by atoms with Crippen LogP contribution >= 0.6 is 0 Å². The van der Waals surface area contributed by atoms with E-state index in [0.29, 0.717) is 18.4 Å². The van der Waals surface area contributed by atoms with Crippen LogP contribution in [-0.2, 0) is 6.54 Å². The Morgan fingerprint density at radius 1 is 1.19 bits per heavy atom. The number of hydrogen-bond donors (Lipinski definition) is 2. The van der Waals surface area contributed by atoms with Gasteiger partial charge in [-0.1, -0.05) is 12.1 Å². The molecule has 2 N–H and O–H groups in total. The highest BCUT2D eigenvalue weighted by atomic mass is 16.5. The fourth-order valence-electron chi connectivity index (χ4n) is 4.46. The predicted octanol–water partition coefficient (Wildman–Crippen LogP) is 1.09. The fourth-order valence-corrected chi connectivity index (χ4v) is 4.46. The first-order valence-corrected chi connectivity index (χ1v) is 9.30. The molecule has 0 unspecified atom stereocenters. The molecule has 2 fully saturated rings. The highest BCUT2D eigenvalue weighted by Gasteiger charge is 2.42. The molecule has 1 aromatic heterocycles. The Labute approximate surface area is 153 Å². The van der Waals surface area contributed by atoms with E-state index in [1.165, 1.54) is 11.9 Å². The summed E-state index contributed by atoms with van der Waals surface area (Å²) in [5, 5.41) is 23.7. The number of benzene rings is 1. The van der Waals surface area contributed by atoms with Crippen LogP contribution in [0, 0.1) is 11.8 Å². The number of aliphatic hydroxyl groups is 2. The third-order valence-corrected chi connectivity index (χ3v) is 5.63. The average molecular weight is 358 g/mol. The minimum absolute atomic E-state index is 0.0228. The lowest BCUT2D eigenvalue weighted by Crippen LogP contribution is -2.36. The molecule has 26 heavy (non-hydrogen) atoms. The highest BCUT2D eigenvalue weighted by Crippen LogP contribution is 2.41. The van der Waals surface area contributed by atoms with E-state index in [4.69, 9.17) is 9.84 Å². The molecule has 0 amide bonds. The predicted molar refractivity (Wildman–Crippen MR) is 95.6 cm³/mol. The number of likely N-dealkylation sites (tertiary alicyclic amines) is 1. The SMILES string of the molecule is OCCOc1cccc(CN2C[C@H]3C[C@@H](n4cncn4)[C@H](O)C[C@H]3C2)c1. The molecule has 1 aliphatic heterocycles. The molecule has 1 saturated carbocycles. The number of aliphatic hydroxyl groups excluding tert-OH is 2. The van der Waals surface area contributed by atoms with Crippen LogP contribution in [0.4, 0.5) is 0 Å². The minimum Gasteiger partial charge on any atom is -0.491 e. The van der Waals surface area contributed by atoms with Crippen LogP contribution in [0.25, 0.3) is 0 Å². The van der Waals surface area contributed by atoms with Gasteiger partial charge in [0.15, 0.2) is 0 Å². The second kappa shape index (κ2) is 7.73. The van der Waals surface area contributed by atoms with Crippen molar-refractivity contribution in [3.8, 4) is 5.75 Å². The number of rotatable bonds is 6. The van der Waals surface area contributed by atoms with E-state index in [2.05, 4.69) is 21.0 Å². The van der Waals surface area contributed by atoms with Crippen LogP contribution in [0.5, 0.6) is 5.75 Å². The van der Waals surface area contributed by atoms with Gasteiger partial charge in [0.25, 0.3) is 0 Å². The van der Waals surface area contributed by atoms with Crippen molar-refractivity contribution < 1.29 is 14.9 Å². The molecule has 7 nitrogen and oxygen atoms in total. The molecular formula is C19H26N4O3. The zero-order chi connectivity index (χ0) is 17.9. The summed E-state index contributed by atoms with van der Waals surface area (Å²) in [6.07, 6.45) is 4.66. The van der Waals surface area contributed by atoms with E-state index in [-0.39, 0.29) is 18.8 Å². The van der Waals surface area contributed by atoms with Crippen molar-refractivity contribution >= 4 is 0 Å². The lowest BCUT2D eigenvalue weighted by molar-refractivity contribution is 0.0304. The van der Waals surface area contributed by atoms with E-state index < -0.39 is 0 Å². The van der Waals surface area contributed by atoms with Crippen LogP contribution in [0.2, 0.25) is 0 Å². The number of hydrogen-bond acceptors (Lipinski definition) is 6. The molecule has 1 saturated heterocycles. The monoisotopic (exact) mass is 358 g/mol. The summed E-state index contributed by atoms with van der Waals surface area (Å²) < 4.78 is 7.32. The maximum absolute atomic E-state index is 10.5. The molecule has 2 heterocycles. The van der Waals surface area contributed by atoms with Gasteiger partial charge in [0.2, 0.25) is 0 Å². The van der Waals surface area contributed by atoms with Crippen LogP contribution in [0.3, 0.4) is 0 Å². The van der Waals surface area contributed by atoms with E-state index in [1.54, 1.807) is 6.33 Å². The third-order valence-electron chi connectivity index (χ3n) is 5.63. The standard InChI is InChI=1S/C19H26N4O3/c24-4-5-26-17-3-1-2-14(6-17)9-22-10-15-7-18(23-13-20-12-21-23)19(25)8-16(15)11-22/h1-3,6,12-13,15-16,18-19,24-25H,4-5,7-11H2/t15-,16+,18-,19-/m1/s1. The molecule has 0 spiro atoms. The van der Waals surface area contributed by atoms with Crippen molar-refractivity contribution in [2.75, 3.05) is 26.3 Å². The summed E-state index contributed by atoms with van der Waals surface area (Å²) in [6.45, 7) is 3.29. The van der Waals surface area contributed by atoms with Gasteiger partial charge in [0, 0.05) is 19.6 Å². The van der Waals surface area contributed by atoms with Crippen molar-refractivity contribution in [3.05, 3.63) is 42.5 Å². The smallest absolute Gasteiger partial charge is 0.137 e. The summed E-state index contributed by atoms with van der Waals surface area (Å²) >= 11 is 0. The van der Waals surface area contributed by atoms with Crippen LogP contribution in [0.1, 0.15) is 24.4 Å². The topological polar surface area (TPSA) is 83.6 Å². The zero-order valence-electron chi connectivity index (χ0n) is 14.8. The summed E-state index contributed by atoms with van der Waals surface area (Å²) in [5.74, 6) is 1.93. The van der Waals surface area contributed by atoms with E-state index in [1.807, 2.05) is 22.9 Å². The van der Waals surface area contributed by atoms with E-state index >= 15 is 0 Å². The third kappa shape index (κ3) is 3.75. The molecule has 4 atom stereocenters. The Balaban J connectivity index is 1.38. The quantitative estimate of drug-likeness (QED) is 0.804. The second-order valence-corrected chi connectivity index (χ2v) is 7.42. The molecule has 0 radical (unpaired) electrons. The molecule has 2 aromatic rings. The van der Waals surface area contributed by atoms with Crippen molar-refractivity contribution in [3.63, 3.8) is 0 Å². The molecule has 7 heteroatoms. The van der Waals surface area contributed by atoms with Gasteiger partial charge in [0.05, 0.1) is 18.8 Å². The van der Waals surface area contributed by atoms with Gasteiger partial charge in [-0.2, -0.15) is 5.10 Å². The number of fused-ring (bicyclic) bond motifs is 1. The Hall–Kier alpha value is -1.96. The minimum atomic E-state index is -0.354. The van der Waals surface area contributed by atoms with Gasteiger partial charge in [-0.15, -0.1) is 0 Å². The second-order valence-electron chi connectivity index (χ2n) is 7.42. The molecular weight excluding hydrogens is 332 g/mol. The lowest BCUT2D eigenvalue weighted by atomic mass is 9.77. The van der Waals surface area contributed by atoms with Crippen LogP contribution < -0.4 is 4.74 Å². The molecule has 0 bridgehead atoms. The molecule has 1 aliphatic carbocycles. The van der Waals surface area contributed by atoms with E-state index in [0.717, 1.165) is 38.2 Å². The molecule has 1 aromatic carbocycles. The van der Waals surface area contributed by atoms with Crippen LogP contribution in [0.15, 0.2) is 36.9 Å². The largest absolute Gasteiger partial charge is 0.491 e. The number of nitrogens with zero attached hydrogens (tertiary/aromatic N) is 4. The van der Waals surface area contributed by atoms with Gasteiger partial charge >= 0.3 is 0 Å². The molecule has 4 rings (SSSR count). The van der Waals surface area contributed by atoms with Gasteiger partial charge in [0.1, 0.15) is 25.0 Å². The average Bonchev–Trinajstić information content (AvgIpc) is 3.28. The van der Waals surface area contributed by atoms with Crippen molar-refractivity contribution in [1.29, 1.82) is 0 Å². The normalized spacial score (nSPS) is 28.8. The van der Waals surface area contributed by atoms with Gasteiger partial charge < -0.3 is 14.9 Å². The summed E-state index contributed by atoms with van der Waals surface area (Å²) in [7, 11) is 0. The first-order chi connectivity index (χ1) is 12.7. The van der Waals surface area contributed by atoms with Crippen molar-refractivity contribution in [1.82, 2.24) is 19.7 Å². The summed E-state index contributed by atoms with van der Waals surface area (Å²) in [4.78, 5) is 6.49. The molecule has 140 valence electrons. The number of ether oxygens (including phenoxy) is 1. The van der Waals surface area contributed by atoms with E-state index in [9.17, 15) is 5.11 Å². The Morgan fingerprint density at radius 2 is 2.04 bits per heavy atom. The lowest BCUT2D eigenvalue weighted by Gasteiger charge is -2.35. The Morgan fingerprint density at radius 3 is 2.81 bits per heavy atom. The fraction of sp³-hybridized carbons (Fsp3) is 0.579. The Bertz CT molecular complexity index is 709. The van der Waals surface area contributed by atoms with Crippen molar-refractivity contribution in [2.24, 2.45) is 11.8 Å². The first kappa shape index (κ1) is 17.5. The van der Waals surface area contributed by atoms with Crippen molar-refractivity contribution in [2.45, 2.75) is 31.5 Å². The zero-order valence-corrected chi connectivity index (χ0v) is 14.8. The maximum atomic E-state index is 10.5. The first-order valence-electron chi connectivity index (χ1n) is 9.30. The maximum Gasteiger partial charge on any atom is 0.137 e. The van der Waals surface area contributed by atoms with Gasteiger partial charge in [-0.25, -0.2) is 9.67 Å². The molecule has 2 aliphatic rings. The summed E-state index contributed by atoms with van der Waals surface area (Å²) in [6, 6.07) is 8.11. The summed E-state index contributed by atoms with van der Waals surface area (Å²) in [5.41, 5.74) is 1.22. The Kier molecular flexibility index (Phi) is 5.19. The highest BCUT2D eigenvalue weighted by molar-refractivity contribution is 5.28. The van der Waals surface area contributed by atoms with Gasteiger partial charge in [-0.3, -0.25) is 4.90 Å².